The molecule has 6 nitrogen and oxygen atoms in total. The lowest BCUT2D eigenvalue weighted by Crippen LogP contribution is -2.32. The summed E-state index contributed by atoms with van der Waals surface area (Å²) >= 11 is 0. The molecule has 2 atom stereocenters. The Hall–Kier alpha value is -1.12. The van der Waals surface area contributed by atoms with Crippen molar-refractivity contribution in [3.8, 4) is 5.75 Å². The second kappa shape index (κ2) is 6.36. The van der Waals surface area contributed by atoms with Crippen LogP contribution in [0.2, 0.25) is 0 Å². The van der Waals surface area contributed by atoms with Crippen LogP contribution in [0.1, 0.15) is 6.92 Å². The van der Waals surface area contributed by atoms with E-state index >= 15 is 0 Å². The van der Waals surface area contributed by atoms with Gasteiger partial charge >= 0.3 is 0 Å². The van der Waals surface area contributed by atoms with E-state index < -0.39 is 20.8 Å². The third kappa shape index (κ3) is 4.19. The largest absolute Gasteiger partial charge is 0.495 e. The summed E-state index contributed by atoms with van der Waals surface area (Å²) in [7, 11) is -3.46. The number of nitrogens with two attached hydrogens (primary N) is 1. The Kier molecular flexibility index (Phi) is 5.33. The predicted octanol–water partition coefficient (Wildman–Crippen LogP) is 0.323. The normalized spacial score (nSPS) is 14.9. The average molecular weight is 306 g/mol. The number of rotatable bonds is 6. The van der Waals surface area contributed by atoms with Crippen LogP contribution in [0.25, 0.3) is 0 Å². The zero-order valence-electron chi connectivity index (χ0n) is 11.0. The Morgan fingerprint density at radius 1 is 1.47 bits per heavy atom. The molecule has 1 aromatic rings. The van der Waals surface area contributed by atoms with E-state index in [1.165, 1.54) is 25.5 Å². The van der Waals surface area contributed by atoms with Crippen molar-refractivity contribution in [2.75, 3.05) is 25.6 Å². The molecule has 0 amide bonds. The molecule has 1 aromatic carbocycles. The molecule has 0 aromatic heterocycles. The Balaban J connectivity index is 3.00. The highest BCUT2D eigenvalue weighted by Crippen LogP contribution is 2.25. The fourth-order valence-corrected chi connectivity index (χ4v) is 3.08. The van der Waals surface area contributed by atoms with Gasteiger partial charge in [-0.15, -0.1) is 0 Å². The summed E-state index contributed by atoms with van der Waals surface area (Å²) < 4.78 is 42.9. The van der Waals surface area contributed by atoms with Crippen LogP contribution >= 0.6 is 0 Å². The van der Waals surface area contributed by atoms with Crippen molar-refractivity contribution < 1.29 is 17.4 Å². The summed E-state index contributed by atoms with van der Waals surface area (Å²) in [6.07, 6.45) is 1.53. The van der Waals surface area contributed by atoms with E-state index in [0.29, 0.717) is 5.69 Å². The lowest BCUT2D eigenvalue weighted by atomic mass is 10.3. The first-order valence-electron chi connectivity index (χ1n) is 5.53. The van der Waals surface area contributed by atoms with Gasteiger partial charge in [0.25, 0.3) is 0 Å². The Bertz CT molecular complexity index is 572. The molecule has 0 spiro atoms. The van der Waals surface area contributed by atoms with E-state index in [4.69, 9.17) is 10.5 Å². The van der Waals surface area contributed by atoms with Gasteiger partial charge in [0.2, 0.25) is 10.0 Å². The molecule has 0 bridgehead atoms. The van der Waals surface area contributed by atoms with Gasteiger partial charge in [-0.1, -0.05) is 0 Å². The molecule has 0 aliphatic rings. The third-order valence-corrected chi connectivity index (χ3v) is 5.35. The minimum atomic E-state index is -3.74. The second-order valence-electron chi connectivity index (χ2n) is 4.07. The quantitative estimate of drug-likeness (QED) is 0.738. The zero-order chi connectivity index (χ0) is 14.6. The van der Waals surface area contributed by atoms with Crippen LogP contribution in [0.4, 0.5) is 5.69 Å². The van der Waals surface area contributed by atoms with Gasteiger partial charge < -0.3 is 10.5 Å². The van der Waals surface area contributed by atoms with Gasteiger partial charge in [-0.05, 0) is 25.1 Å². The van der Waals surface area contributed by atoms with Crippen molar-refractivity contribution >= 4 is 26.5 Å². The maximum Gasteiger partial charge on any atom is 0.244 e. The third-order valence-electron chi connectivity index (χ3n) is 2.60. The maximum atomic E-state index is 12.1. The number of methoxy groups -OCH3 is 1. The summed E-state index contributed by atoms with van der Waals surface area (Å²) in [5.41, 5.74) is 5.91. The van der Waals surface area contributed by atoms with Gasteiger partial charge in [0.1, 0.15) is 10.6 Å². The highest BCUT2D eigenvalue weighted by molar-refractivity contribution is 7.89. The first-order valence-corrected chi connectivity index (χ1v) is 8.63. The average Bonchev–Trinajstić information content (AvgIpc) is 2.35. The van der Waals surface area contributed by atoms with E-state index in [-0.39, 0.29) is 22.4 Å². The summed E-state index contributed by atoms with van der Waals surface area (Å²) in [6.45, 7) is 1.79. The molecule has 0 radical (unpaired) electrons. The van der Waals surface area contributed by atoms with Crippen LogP contribution in [0, 0.1) is 0 Å². The van der Waals surface area contributed by atoms with Crippen LogP contribution in [-0.2, 0) is 20.8 Å². The van der Waals surface area contributed by atoms with Crippen molar-refractivity contribution in [1.82, 2.24) is 4.72 Å². The number of hydrogen-bond acceptors (Lipinski definition) is 5. The van der Waals surface area contributed by atoms with Crippen molar-refractivity contribution in [1.29, 1.82) is 0 Å². The lowest BCUT2D eigenvalue weighted by Gasteiger charge is -2.13. The Morgan fingerprint density at radius 2 is 2.11 bits per heavy atom. The monoisotopic (exact) mass is 306 g/mol. The first kappa shape index (κ1) is 15.9. The molecule has 3 N–H and O–H groups in total. The minimum Gasteiger partial charge on any atom is -0.495 e. The molecule has 0 saturated heterocycles. The maximum absolute atomic E-state index is 12.1. The van der Waals surface area contributed by atoms with Gasteiger partial charge in [0, 0.05) is 34.5 Å². The molecule has 1 rings (SSSR count). The number of sulfonamides is 1. The number of nitrogens with one attached hydrogen (secondary N) is 1. The van der Waals surface area contributed by atoms with Gasteiger partial charge in [-0.3, -0.25) is 4.21 Å². The molecule has 2 unspecified atom stereocenters. The molecule has 0 aliphatic heterocycles. The summed E-state index contributed by atoms with van der Waals surface area (Å²) in [4.78, 5) is -0.0240. The van der Waals surface area contributed by atoms with E-state index in [0.717, 1.165) is 0 Å². The predicted molar refractivity (Wildman–Crippen MR) is 76.1 cm³/mol. The zero-order valence-corrected chi connectivity index (χ0v) is 12.7. The molecular weight excluding hydrogens is 288 g/mol. The number of ether oxygens (including phenoxy) is 1. The topological polar surface area (TPSA) is 98.5 Å². The first-order chi connectivity index (χ1) is 8.77. The van der Waals surface area contributed by atoms with Crippen LogP contribution in [0.5, 0.6) is 5.75 Å². The van der Waals surface area contributed by atoms with Crippen molar-refractivity contribution in [2.45, 2.75) is 17.1 Å². The van der Waals surface area contributed by atoms with E-state index in [1.807, 2.05) is 0 Å². The van der Waals surface area contributed by atoms with Crippen molar-refractivity contribution in [3.05, 3.63) is 18.2 Å². The Morgan fingerprint density at radius 3 is 2.63 bits per heavy atom. The smallest absolute Gasteiger partial charge is 0.244 e. The van der Waals surface area contributed by atoms with Crippen LogP contribution in [0.15, 0.2) is 23.1 Å². The SMILES string of the molecule is COc1ccc(N)cc1S(=O)(=O)NCC(C)S(C)=O. The number of benzene rings is 1. The van der Waals surface area contributed by atoms with Crippen LogP contribution < -0.4 is 15.2 Å². The number of nitrogen functional groups attached to an aromatic ring is 1. The van der Waals surface area contributed by atoms with Crippen molar-refractivity contribution in [3.63, 3.8) is 0 Å². The van der Waals surface area contributed by atoms with Gasteiger partial charge in [0.15, 0.2) is 0 Å². The molecule has 19 heavy (non-hydrogen) atoms. The summed E-state index contributed by atoms with van der Waals surface area (Å²) in [6, 6.07) is 4.38. The number of anilines is 1. The second-order valence-corrected chi connectivity index (χ2v) is 7.61. The van der Waals surface area contributed by atoms with Gasteiger partial charge in [0.05, 0.1) is 7.11 Å². The molecule has 0 aliphatic carbocycles. The van der Waals surface area contributed by atoms with Gasteiger partial charge in [-0.2, -0.15) is 0 Å². The van der Waals surface area contributed by atoms with E-state index in [2.05, 4.69) is 4.72 Å². The lowest BCUT2D eigenvalue weighted by molar-refractivity contribution is 0.402. The van der Waals surface area contributed by atoms with E-state index in [9.17, 15) is 12.6 Å². The molecule has 0 saturated carbocycles. The number of hydrogen-bond donors (Lipinski definition) is 2. The molecule has 0 heterocycles. The molecule has 0 fully saturated rings. The minimum absolute atomic E-state index is 0.0240. The molecule has 8 heteroatoms. The Labute approximate surface area is 115 Å². The highest BCUT2D eigenvalue weighted by atomic mass is 32.2. The van der Waals surface area contributed by atoms with Crippen LogP contribution in [-0.4, -0.2) is 37.8 Å². The molecular formula is C11H18N2O4S2. The van der Waals surface area contributed by atoms with Crippen molar-refractivity contribution in [2.24, 2.45) is 0 Å². The fourth-order valence-electron chi connectivity index (χ4n) is 1.33. The standard InChI is InChI=1S/C11H18N2O4S2/c1-8(18(3)14)7-13-19(15,16)11-6-9(12)4-5-10(11)17-2/h4-6,8,13H,7,12H2,1-3H3. The summed E-state index contributed by atoms with van der Waals surface area (Å²) in [5.74, 6) is 0.215. The highest BCUT2D eigenvalue weighted by Gasteiger charge is 2.21. The fraction of sp³-hybridized carbons (Fsp3) is 0.455. The van der Waals surface area contributed by atoms with Crippen LogP contribution in [0.3, 0.4) is 0 Å². The van der Waals surface area contributed by atoms with E-state index in [1.54, 1.807) is 13.0 Å². The molecule has 108 valence electrons. The van der Waals surface area contributed by atoms with Gasteiger partial charge in [-0.25, -0.2) is 13.1 Å². The summed E-state index contributed by atoms with van der Waals surface area (Å²) in [5, 5.41) is -0.276.